The molecule has 0 saturated carbocycles. The average molecular weight is 308 g/mol. The van der Waals surface area contributed by atoms with Gasteiger partial charge in [-0.25, -0.2) is 13.6 Å². The fourth-order valence-electron chi connectivity index (χ4n) is 1.92. The number of halogens is 2. The monoisotopic (exact) mass is 308 g/mol. The Morgan fingerprint density at radius 1 is 1.10 bits per heavy atom. The van der Waals surface area contributed by atoms with Crippen molar-refractivity contribution in [3.8, 4) is 0 Å². The number of carbonyl (C=O) groups is 1. The number of alkyl carbamates (subject to hydrolysis) is 1. The maximum Gasteiger partial charge on any atom is 0.407 e. The third kappa shape index (κ3) is 11.4. The lowest BCUT2D eigenvalue weighted by Gasteiger charge is -2.24. The summed E-state index contributed by atoms with van der Waals surface area (Å²) in [5.74, 6) is -2.99. The molecular weight excluding hydrogens is 278 g/mol. The Labute approximate surface area is 127 Å². The zero-order valence-corrected chi connectivity index (χ0v) is 13.9. The van der Waals surface area contributed by atoms with Gasteiger partial charge in [0.1, 0.15) is 5.60 Å². The summed E-state index contributed by atoms with van der Waals surface area (Å²) in [6.45, 7) is 7.97. The Kier molecular flexibility index (Phi) is 8.78. The van der Waals surface area contributed by atoms with Gasteiger partial charge in [-0.1, -0.05) is 26.7 Å². The SMILES string of the molecule is CCCC(CCC)NCC(F)(F)CNC(=O)OC(C)(C)C. The molecule has 0 rings (SSSR count). The molecular formula is C15H30F2N2O2. The van der Waals surface area contributed by atoms with Crippen LogP contribution in [0.4, 0.5) is 13.6 Å². The molecule has 0 saturated heterocycles. The van der Waals surface area contributed by atoms with Gasteiger partial charge in [0.25, 0.3) is 5.92 Å². The molecule has 6 heteroatoms. The quantitative estimate of drug-likeness (QED) is 0.683. The summed E-state index contributed by atoms with van der Waals surface area (Å²) in [7, 11) is 0. The van der Waals surface area contributed by atoms with Crippen LogP contribution >= 0.6 is 0 Å². The molecule has 0 aromatic carbocycles. The normalized spacial score (nSPS) is 12.6. The van der Waals surface area contributed by atoms with Gasteiger partial charge in [0.2, 0.25) is 0 Å². The van der Waals surface area contributed by atoms with Crippen LogP contribution in [0.1, 0.15) is 60.3 Å². The van der Waals surface area contributed by atoms with E-state index in [0.29, 0.717) is 0 Å². The van der Waals surface area contributed by atoms with E-state index < -0.39 is 30.7 Å². The van der Waals surface area contributed by atoms with Gasteiger partial charge in [0.15, 0.2) is 0 Å². The summed E-state index contributed by atoms with van der Waals surface area (Å²) in [6, 6.07) is 0.104. The first-order valence-corrected chi connectivity index (χ1v) is 7.67. The maximum absolute atomic E-state index is 13.7. The predicted molar refractivity (Wildman–Crippen MR) is 80.8 cm³/mol. The van der Waals surface area contributed by atoms with Crippen LogP contribution < -0.4 is 10.6 Å². The van der Waals surface area contributed by atoms with Crippen molar-refractivity contribution >= 4 is 6.09 Å². The highest BCUT2D eigenvalue weighted by molar-refractivity contribution is 5.67. The molecule has 1 amide bonds. The highest BCUT2D eigenvalue weighted by Gasteiger charge is 2.31. The number of hydrogen-bond donors (Lipinski definition) is 2. The van der Waals surface area contributed by atoms with E-state index in [9.17, 15) is 13.6 Å². The van der Waals surface area contributed by atoms with Crippen molar-refractivity contribution < 1.29 is 18.3 Å². The summed E-state index contributed by atoms with van der Waals surface area (Å²) < 4.78 is 32.4. The molecule has 4 nitrogen and oxygen atoms in total. The molecule has 0 heterocycles. The minimum atomic E-state index is -2.99. The van der Waals surface area contributed by atoms with Crippen LogP contribution in [-0.2, 0) is 4.74 Å². The molecule has 0 aliphatic carbocycles. The van der Waals surface area contributed by atoms with Gasteiger partial charge in [-0.3, -0.25) is 0 Å². The lowest BCUT2D eigenvalue weighted by molar-refractivity contribution is -0.00597. The van der Waals surface area contributed by atoms with Gasteiger partial charge < -0.3 is 15.4 Å². The van der Waals surface area contributed by atoms with Crippen LogP contribution in [0.3, 0.4) is 0 Å². The zero-order valence-electron chi connectivity index (χ0n) is 13.9. The van der Waals surface area contributed by atoms with Gasteiger partial charge >= 0.3 is 6.09 Å². The summed E-state index contributed by atoms with van der Waals surface area (Å²) in [5, 5.41) is 5.01. The fraction of sp³-hybridized carbons (Fsp3) is 0.933. The van der Waals surface area contributed by atoms with Crippen molar-refractivity contribution in [3.05, 3.63) is 0 Å². The zero-order chi connectivity index (χ0) is 16.5. The molecule has 0 spiro atoms. The second kappa shape index (κ2) is 9.18. The largest absolute Gasteiger partial charge is 0.444 e. The third-order valence-corrected chi connectivity index (χ3v) is 2.81. The number of amides is 1. The topological polar surface area (TPSA) is 50.4 Å². The summed E-state index contributed by atoms with van der Waals surface area (Å²) in [5.41, 5.74) is -0.690. The molecule has 0 fully saturated rings. The molecule has 0 aromatic rings. The molecule has 0 bridgehead atoms. The van der Waals surface area contributed by atoms with Crippen molar-refractivity contribution in [2.24, 2.45) is 0 Å². The van der Waals surface area contributed by atoms with Gasteiger partial charge in [-0.2, -0.15) is 0 Å². The first-order chi connectivity index (χ1) is 9.59. The Morgan fingerprint density at radius 2 is 1.62 bits per heavy atom. The number of carbonyl (C=O) groups excluding carboxylic acids is 1. The van der Waals surface area contributed by atoms with Gasteiger partial charge in [0.05, 0.1) is 13.1 Å². The molecule has 0 radical (unpaired) electrons. The minimum absolute atomic E-state index is 0.104. The Balaban J connectivity index is 4.15. The number of alkyl halides is 2. The van der Waals surface area contributed by atoms with E-state index in [2.05, 4.69) is 10.6 Å². The second-order valence-corrected chi connectivity index (χ2v) is 6.37. The van der Waals surface area contributed by atoms with Gasteiger partial charge in [0, 0.05) is 6.04 Å². The Hall–Kier alpha value is -0.910. The molecule has 0 atom stereocenters. The number of hydrogen-bond acceptors (Lipinski definition) is 3. The van der Waals surface area contributed by atoms with E-state index in [1.54, 1.807) is 20.8 Å². The highest BCUT2D eigenvalue weighted by Crippen LogP contribution is 2.13. The van der Waals surface area contributed by atoms with Crippen molar-refractivity contribution in [1.29, 1.82) is 0 Å². The van der Waals surface area contributed by atoms with Crippen LogP contribution in [0, 0.1) is 0 Å². The van der Waals surface area contributed by atoms with E-state index in [1.165, 1.54) is 0 Å². The smallest absolute Gasteiger partial charge is 0.407 e. The third-order valence-electron chi connectivity index (χ3n) is 2.81. The van der Waals surface area contributed by atoms with E-state index in [-0.39, 0.29) is 6.04 Å². The van der Waals surface area contributed by atoms with Crippen LogP contribution in [0.25, 0.3) is 0 Å². The Morgan fingerprint density at radius 3 is 2.05 bits per heavy atom. The summed E-state index contributed by atoms with van der Waals surface area (Å²) >= 11 is 0. The lowest BCUT2D eigenvalue weighted by Crippen LogP contribution is -2.47. The van der Waals surface area contributed by atoms with E-state index in [4.69, 9.17) is 4.74 Å². The van der Waals surface area contributed by atoms with E-state index >= 15 is 0 Å². The van der Waals surface area contributed by atoms with Crippen molar-refractivity contribution in [3.63, 3.8) is 0 Å². The maximum atomic E-state index is 13.7. The van der Waals surface area contributed by atoms with Crippen LogP contribution in [-0.4, -0.2) is 36.7 Å². The molecule has 0 aliphatic rings. The molecule has 126 valence electrons. The summed E-state index contributed by atoms with van der Waals surface area (Å²) in [6.07, 6.45) is 2.85. The molecule has 0 aliphatic heterocycles. The van der Waals surface area contributed by atoms with E-state index in [0.717, 1.165) is 25.7 Å². The molecule has 0 aromatic heterocycles. The Bertz CT molecular complexity index is 299. The average Bonchev–Trinajstić information content (AvgIpc) is 2.32. The first-order valence-electron chi connectivity index (χ1n) is 7.67. The molecule has 2 N–H and O–H groups in total. The minimum Gasteiger partial charge on any atom is -0.444 e. The first kappa shape index (κ1) is 20.1. The number of ether oxygens (including phenoxy) is 1. The lowest BCUT2D eigenvalue weighted by atomic mass is 10.1. The fourth-order valence-corrected chi connectivity index (χ4v) is 1.92. The summed E-state index contributed by atoms with van der Waals surface area (Å²) in [4.78, 5) is 11.4. The van der Waals surface area contributed by atoms with Crippen LogP contribution in [0.15, 0.2) is 0 Å². The van der Waals surface area contributed by atoms with Crippen molar-refractivity contribution in [1.82, 2.24) is 10.6 Å². The molecule has 0 unspecified atom stereocenters. The standard InChI is InChI=1S/C15H30F2N2O2/c1-6-8-12(9-7-2)18-10-15(16,17)11-19-13(20)21-14(3,4)5/h12,18H,6-11H2,1-5H3,(H,19,20). The number of nitrogens with one attached hydrogen (secondary N) is 2. The van der Waals surface area contributed by atoms with Crippen LogP contribution in [0.2, 0.25) is 0 Å². The number of rotatable bonds is 9. The van der Waals surface area contributed by atoms with Crippen molar-refractivity contribution in [2.75, 3.05) is 13.1 Å². The predicted octanol–water partition coefficient (Wildman–Crippen LogP) is 3.70. The van der Waals surface area contributed by atoms with Gasteiger partial charge in [-0.05, 0) is 33.6 Å². The molecule has 21 heavy (non-hydrogen) atoms. The van der Waals surface area contributed by atoms with E-state index in [1.807, 2.05) is 13.8 Å². The van der Waals surface area contributed by atoms with Crippen molar-refractivity contribution in [2.45, 2.75) is 77.9 Å². The van der Waals surface area contributed by atoms with Crippen LogP contribution in [0.5, 0.6) is 0 Å². The highest BCUT2D eigenvalue weighted by atomic mass is 19.3. The van der Waals surface area contributed by atoms with Gasteiger partial charge in [-0.15, -0.1) is 0 Å². The second-order valence-electron chi connectivity index (χ2n) is 6.37.